The normalized spacial score (nSPS) is 13.3. The van der Waals surface area contributed by atoms with E-state index in [1.54, 1.807) is 0 Å². The van der Waals surface area contributed by atoms with Gasteiger partial charge in [-0.15, -0.1) is 0 Å². The molecule has 0 fully saturated rings. The van der Waals surface area contributed by atoms with E-state index < -0.39 is 0 Å². The molecule has 1 nitrogen and oxygen atoms in total. The lowest BCUT2D eigenvalue weighted by molar-refractivity contribution is 0.477. The minimum absolute atomic E-state index is 0.692. The Balaban J connectivity index is 2.43. The fourth-order valence-corrected chi connectivity index (χ4v) is 2.12. The first kappa shape index (κ1) is 10.6. The zero-order valence-electron chi connectivity index (χ0n) is 9.20. The summed E-state index contributed by atoms with van der Waals surface area (Å²) in [6.07, 6.45) is 3.33. The van der Waals surface area contributed by atoms with Gasteiger partial charge in [0.25, 0.3) is 0 Å². The van der Waals surface area contributed by atoms with Crippen LogP contribution in [0.4, 0.5) is 0 Å². The number of hydrogen-bond acceptors (Lipinski definition) is 0. The molecule has 2 aromatic rings. The summed E-state index contributed by atoms with van der Waals surface area (Å²) in [5, 5.41) is 2.08. The highest BCUT2D eigenvalue weighted by Crippen LogP contribution is 2.25. The van der Waals surface area contributed by atoms with Crippen LogP contribution in [0.5, 0.6) is 0 Å². The molecule has 0 aliphatic carbocycles. The molecule has 0 spiro atoms. The van der Waals surface area contributed by atoms with Crippen LogP contribution in [0, 0.1) is 5.92 Å². The fourth-order valence-electron chi connectivity index (χ4n) is 1.83. The molecule has 80 valence electrons. The summed E-state index contributed by atoms with van der Waals surface area (Å²) in [7, 11) is 0. The highest BCUT2D eigenvalue weighted by atomic mass is 35.5. The van der Waals surface area contributed by atoms with E-state index in [0.717, 1.165) is 11.6 Å². The van der Waals surface area contributed by atoms with Gasteiger partial charge < -0.3 is 4.57 Å². The molecule has 0 saturated heterocycles. The van der Waals surface area contributed by atoms with Crippen molar-refractivity contribution in [1.29, 1.82) is 0 Å². The molecular weight excluding hydrogens is 206 g/mol. The lowest BCUT2D eigenvalue weighted by Gasteiger charge is -2.11. The number of rotatable bonds is 3. The maximum Gasteiger partial charge on any atom is 0.0669 e. The van der Waals surface area contributed by atoms with Gasteiger partial charge in [-0.1, -0.05) is 44.0 Å². The molecule has 0 bridgehead atoms. The second-order valence-corrected chi connectivity index (χ2v) is 4.57. The van der Waals surface area contributed by atoms with Crippen molar-refractivity contribution < 1.29 is 0 Å². The summed E-state index contributed by atoms with van der Waals surface area (Å²) in [5.74, 6) is 0.692. The Morgan fingerprint density at radius 1 is 1.33 bits per heavy atom. The van der Waals surface area contributed by atoms with Crippen LogP contribution in [0.3, 0.4) is 0 Å². The first-order valence-electron chi connectivity index (χ1n) is 5.45. The number of halogens is 1. The second-order valence-electron chi connectivity index (χ2n) is 4.16. The van der Waals surface area contributed by atoms with Gasteiger partial charge in [0, 0.05) is 18.1 Å². The summed E-state index contributed by atoms with van der Waals surface area (Å²) in [5.41, 5.74) is 1.17. The topological polar surface area (TPSA) is 4.93 Å². The first-order chi connectivity index (χ1) is 7.22. The van der Waals surface area contributed by atoms with Gasteiger partial charge in [-0.3, -0.25) is 0 Å². The van der Waals surface area contributed by atoms with E-state index in [0.29, 0.717) is 5.92 Å². The lowest BCUT2D eigenvalue weighted by atomic mass is 10.1. The van der Waals surface area contributed by atoms with Crippen molar-refractivity contribution in [3.63, 3.8) is 0 Å². The van der Waals surface area contributed by atoms with Crippen LogP contribution in [0.25, 0.3) is 10.9 Å². The van der Waals surface area contributed by atoms with Crippen molar-refractivity contribution in [3.05, 3.63) is 35.5 Å². The number of para-hydroxylation sites is 1. The van der Waals surface area contributed by atoms with E-state index in [1.165, 1.54) is 17.3 Å². The maximum absolute atomic E-state index is 6.21. The van der Waals surface area contributed by atoms with Crippen molar-refractivity contribution in [2.24, 2.45) is 5.92 Å². The Hall–Kier alpha value is -0.950. The zero-order valence-corrected chi connectivity index (χ0v) is 9.96. The predicted octanol–water partition coefficient (Wildman–Crippen LogP) is 4.34. The SMILES string of the molecule is CCC(C)Cn1ccc2cccc(Cl)c21. The summed E-state index contributed by atoms with van der Waals surface area (Å²) in [6, 6.07) is 8.19. The maximum atomic E-state index is 6.21. The van der Waals surface area contributed by atoms with Gasteiger partial charge in [-0.2, -0.15) is 0 Å². The minimum Gasteiger partial charge on any atom is -0.346 e. The van der Waals surface area contributed by atoms with Gasteiger partial charge in [0.05, 0.1) is 10.5 Å². The van der Waals surface area contributed by atoms with Crippen LogP contribution >= 0.6 is 11.6 Å². The summed E-state index contributed by atoms with van der Waals surface area (Å²) in [6.45, 7) is 5.53. The van der Waals surface area contributed by atoms with Crippen LogP contribution in [-0.4, -0.2) is 4.57 Å². The van der Waals surface area contributed by atoms with Gasteiger partial charge in [0.2, 0.25) is 0 Å². The second kappa shape index (κ2) is 4.28. The molecule has 0 saturated carbocycles. The number of hydrogen-bond donors (Lipinski definition) is 0. The van der Waals surface area contributed by atoms with E-state index in [-0.39, 0.29) is 0 Å². The molecule has 2 rings (SSSR count). The third-order valence-electron chi connectivity index (χ3n) is 2.94. The Bertz CT molecular complexity index is 459. The van der Waals surface area contributed by atoms with Crippen molar-refractivity contribution in [2.45, 2.75) is 26.8 Å². The molecule has 0 amide bonds. The Morgan fingerprint density at radius 2 is 2.13 bits per heavy atom. The molecule has 2 heteroatoms. The molecule has 1 unspecified atom stereocenters. The first-order valence-corrected chi connectivity index (χ1v) is 5.83. The molecule has 1 atom stereocenters. The third kappa shape index (κ3) is 2.03. The smallest absolute Gasteiger partial charge is 0.0669 e. The zero-order chi connectivity index (χ0) is 10.8. The van der Waals surface area contributed by atoms with E-state index >= 15 is 0 Å². The van der Waals surface area contributed by atoms with E-state index in [9.17, 15) is 0 Å². The van der Waals surface area contributed by atoms with Gasteiger partial charge in [-0.05, 0) is 18.1 Å². The molecule has 15 heavy (non-hydrogen) atoms. The largest absolute Gasteiger partial charge is 0.346 e. The molecule has 0 aliphatic rings. The Kier molecular flexibility index (Phi) is 3.01. The summed E-state index contributed by atoms with van der Waals surface area (Å²) in [4.78, 5) is 0. The average molecular weight is 222 g/mol. The van der Waals surface area contributed by atoms with E-state index in [2.05, 4.69) is 36.7 Å². The van der Waals surface area contributed by atoms with Crippen molar-refractivity contribution >= 4 is 22.5 Å². The summed E-state index contributed by atoms with van der Waals surface area (Å²) >= 11 is 6.21. The quantitative estimate of drug-likeness (QED) is 0.727. The standard InChI is InChI=1S/C13H16ClN/c1-3-10(2)9-15-8-7-11-5-4-6-12(14)13(11)15/h4-8,10H,3,9H2,1-2H3. The third-order valence-corrected chi connectivity index (χ3v) is 3.25. The van der Waals surface area contributed by atoms with Crippen molar-refractivity contribution in [3.8, 4) is 0 Å². The molecule has 0 N–H and O–H groups in total. The molecule has 1 aromatic heterocycles. The molecule has 0 aliphatic heterocycles. The van der Waals surface area contributed by atoms with E-state index in [4.69, 9.17) is 11.6 Å². The molecule has 1 heterocycles. The number of nitrogens with zero attached hydrogens (tertiary/aromatic N) is 1. The van der Waals surface area contributed by atoms with Gasteiger partial charge in [0.15, 0.2) is 0 Å². The lowest BCUT2D eigenvalue weighted by Crippen LogP contribution is -2.05. The molecule has 0 radical (unpaired) electrons. The number of fused-ring (bicyclic) bond motifs is 1. The fraction of sp³-hybridized carbons (Fsp3) is 0.385. The predicted molar refractivity (Wildman–Crippen MR) is 66.4 cm³/mol. The van der Waals surface area contributed by atoms with Gasteiger partial charge >= 0.3 is 0 Å². The average Bonchev–Trinajstić information content (AvgIpc) is 2.63. The van der Waals surface area contributed by atoms with Gasteiger partial charge in [0.1, 0.15) is 0 Å². The van der Waals surface area contributed by atoms with Gasteiger partial charge in [-0.25, -0.2) is 0 Å². The highest BCUT2D eigenvalue weighted by molar-refractivity contribution is 6.35. The molecular formula is C13H16ClN. The van der Waals surface area contributed by atoms with E-state index in [1.807, 2.05) is 12.1 Å². The number of benzene rings is 1. The van der Waals surface area contributed by atoms with Crippen LogP contribution in [0.15, 0.2) is 30.5 Å². The number of aromatic nitrogens is 1. The molecule has 1 aromatic carbocycles. The van der Waals surface area contributed by atoms with Crippen LogP contribution in [0.2, 0.25) is 5.02 Å². The van der Waals surface area contributed by atoms with Crippen molar-refractivity contribution in [2.75, 3.05) is 0 Å². The van der Waals surface area contributed by atoms with Crippen molar-refractivity contribution in [1.82, 2.24) is 4.57 Å². The Morgan fingerprint density at radius 3 is 2.87 bits per heavy atom. The van der Waals surface area contributed by atoms with Crippen LogP contribution < -0.4 is 0 Å². The highest BCUT2D eigenvalue weighted by Gasteiger charge is 2.06. The summed E-state index contributed by atoms with van der Waals surface area (Å²) < 4.78 is 2.26. The monoisotopic (exact) mass is 221 g/mol. The van der Waals surface area contributed by atoms with Crippen LogP contribution in [0.1, 0.15) is 20.3 Å². The van der Waals surface area contributed by atoms with Crippen LogP contribution in [-0.2, 0) is 6.54 Å². The Labute approximate surface area is 95.7 Å². The minimum atomic E-state index is 0.692.